The minimum Gasteiger partial charge on any atom is -0.389 e. The lowest BCUT2D eigenvalue weighted by Gasteiger charge is -2.11. The molecule has 1 N–H and O–H groups in total. The second kappa shape index (κ2) is 5.67. The maximum atomic E-state index is 9.74. The van der Waals surface area contributed by atoms with Crippen LogP contribution in [-0.2, 0) is 0 Å². The predicted octanol–water partition coefficient (Wildman–Crippen LogP) is 3.16. The molecule has 3 nitrogen and oxygen atoms in total. The van der Waals surface area contributed by atoms with E-state index in [2.05, 4.69) is 11.1 Å². The predicted molar refractivity (Wildman–Crippen MR) is 70.2 cm³/mol. The molecule has 2 rings (SSSR count). The number of pyridine rings is 1. The van der Waals surface area contributed by atoms with Crippen LogP contribution >= 0.6 is 11.8 Å². The molecule has 1 heterocycles. The first-order valence-electron chi connectivity index (χ1n) is 5.50. The van der Waals surface area contributed by atoms with Crippen LogP contribution in [0.5, 0.6) is 0 Å². The zero-order chi connectivity index (χ0) is 13.0. The molecule has 1 aromatic carbocycles. The van der Waals surface area contributed by atoms with Gasteiger partial charge in [-0.25, -0.2) is 0 Å². The van der Waals surface area contributed by atoms with Crippen molar-refractivity contribution < 1.29 is 5.11 Å². The maximum Gasteiger partial charge on any atom is 0.0992 e. The highest BCUT2D eigenvalue weighted by atomic mass is 32.2. The smallest absolute Gasteiger partial charge is 0.0992 e. The molecule has 4 heteroatoms. The normalized spacial score (nSPS) is 11.8. The van der Waals surface area contributed by atoms with Crippen molar-refractivity contribution in [2.45, 2.75) is 22.8 Å². The van der Waals surface area contributed by atoms with E-state index in [4.69, 9.17) is 5.26 Å². The molecule has 0 radical (unpaired) electrons. The van der Waals surface area contributed by atoms with Gasteiger partial charge in [-0.1, -0.05) is 17.8 Å². The van der Waals surface area contributed by atoms with Crippen LogP contribution in [0.4, 0.5) is 0 Å². The highest BCUT2D eigenvalue weighted by Gasteiger charge is 2.10. The van der Waals surface area contributed by atoms with E-state index in [1.165, 1.54) is 11.8 Å². The Bertz CT molecular complexity index is 576. The quantitative estimate of drug-likeness (QED) is 0.916. The molecule has 0 bridgehead atoms. The zero-order valence-corrected chi connectivity index (χ0v) is 10.7. The van der Waals surface area contributed by atoms with Gasteiger partial charge in [-0.2, -0.15) is 5.26 Å². The molecule has 0 aliphatic heterocycles. The number of aliphatic hydroxyl groups is 1. The minimum atomic E-state index is -0.554. The van der Waals surface area contributed by atoms with Crippen molar-refractivity contribution in [3.8, 4) is 6.07 Å². The summed E-state index contributed by atoms with van der Waals surface area (Å²) in [6.45, 7) is 1.72. The summed E-state index contributed by atoms with van der Waals surface area (Å²) in [4.78, 5) is 5.89. The average Bonchev–Trinajstić information content (AvgIpc) is 2.39. The lowest BCUT2D eigenvalue weighted by molar-refractivity contribution is 0.196. The summed E-state index contributed by atoms with van der Waals surface area (Å²) in [5.74, 6) is 0. The highest BCUT2D eigenvalue weighted by molar-refractivity contribution is 7.99. The lowest BCUT2D eigenvalue weighted by Crippen LogP contribution is -1.94. The Kier molecular flexibility index (Phi) is 3.98. The third-order valence-corrected chi connectivity index (χ3v) is 3.55. The summed E-state index contributed by atoms with van der Waals surface area (Å²) < 4.78 is 0. The molecule has 90 valence electrons. The van der Waals surface area contributed by atoms with Crippen molar-refractivity contribution in [2.75, 3.05) is 0 Å². The number of aromatic nitrogens is 1. The summed E-state index contributed by atoms with van der Waals surface area (Å²) in [6, 6.07) is 11.2. The van der Waals surface area contributed by atoms with E-state index in [0.717, 1.165) is 15.4 Å². The van der Waals surface area contributed by atoms with Crippen molar-refractivity contribution >= 4 is 11.8 Å². The second-order valence-electron chi connectivity index (χ2n) is 3.83. The molecule has 2 aromatic rings. The average molecular weight is 256 g/mol. The number of hydrogen-bond acceptors (Lipinski definition) is 4. The van der Waals surface area contributed by atoms with E-state index in [1.807, 2.05) is 12.1 Å². The number of nitriles is 1. The van der Waals surface area contributed by atoms with Crippen LogP contribution in [0.1, 0.15) is 24.2 Å². The Morgan fingerprint density at radius 2 is 2.00 bits per heavy atom. The van der Waals surface area contributed by atoms with Crippen LogP contribution in [0, 0.1) is 11.3 Å². The third kappa shape index (κ3) is 2.89. The fourth-order valence-corrected chi connectivity index (χ4v) is 2.62. The highest BCUT2D eigenvalue weighted by Crippen LogP contribution is 2.33. The third-order valence-electron chi connectivity index (χ3n) is 2.47. The van der Waals surface area contributed by atoms with Gasteiger partial charge in [-0.3, -0.25) is 4.98 Å². The first-order chi connectivity index (χ1) is 8.70. The molecule has 18 heavy (non-hydrogen) atoms. The van der Waals surface area contributed by atoms with Gasteiger partial charge in [0.15, 0.2) is 0 Å². The van der Waals surface area contributed by atoms with Crippen molar-refractivity contribution in [3.05, 3.63) is 53.9 Å². The molecule has 1 aromatic heterocycles. The fourth-order valence-electron chi connectivity index (χ4n) is 1.57. The van der Waals surface area contributed by atoms with Crippen molar-refractivity contribution in [1.82, 2.24) is 4.98 Å². The molecule has 0 saturated carbocycles. The molecule has 0 fully saturated rings. The van der Waals surface area contributed by atoms with Crippen LogP contribution in [0.25, 0.3) is 0 Å². The minimum absolute atomic E-state index is 0.554. The monoisotopic (exact) mass is 256 g/mol. The van der Waals surface area contributed by atoms with Crippen molar-refractivity contribution in [2.24, 2.45) is 0 Å². The van der Waals surface area contributed by atoms with Gasteiger partial charge in [0, 0.05) is 22.2 Å². The molecular formula is C14H12N2OS. The molecule has 0 spiro atoms. The maximum absolute atomic E-state index is 9.74. The van der Waals surface area contributed by atoms with Crippen LogP contribution in [-0.4, -0.2) is 10.1 Å². The summed E-state index contributed by atoms with van der Waals surface area (Å²) in [5, 5.41) is 18.7. The molecule has 0 saturated heterocycles. The van der Waals surface area contributed by atoms with E-state index < -0.39 is 6.10 Å². The first-order valence-corrected chi connectivity index (χ1v) is 6.32. The number of aliphatic hydroxyl groups excluding tert-OH is 1. The molecular weight excluding hydrogens is 244 g/mol. The van der Waals surface area contributed by atoms with Crippen LogP contribution in [0.3, 0.4) is 0 Å². The standard InChI is InChI=1S/C14H12N2OS/c1-10(17)13-3-2-11(9-15)8-14(13)18-12-4-6-16-7-5-12/h2-8,10,17H,1H3. The van der Waals surface area contributed by atoms with Crippen LogP contribution in [0.2, 0.25) is 0 Å². The summed E-state index contributed by atoms with van der Waals surface area (Å²) in [5.41, 5.74) is 1.42. The lowest BCUT2D eigenvalue weighted by atomic mass is 10.1. The Hall–Kier alpha value is -1.83. The number of hydrogen-bond donors (Lipinski definition) is 1. The van der Waals surface area contributed by atoms with Gasteiger partial charge in [0.2, 0.25) is 0 Å². The van der Waals surface area contributed by atoms with E-state index in [0.29, 0.717) is 5.56 Å². The second-order valence-corrected chi connectivity index (χ2v) is 4.94. The Balaban J connectivity index is 2.39. The SMILES string of the molecule is CC(O)c1ccc(C#N)cc1Sc1ccncc1. The topological polar surface area (TPSA) is 56.9 Å². The summed E-state index contributed by atoms with van der Waals surface area (Å²) >= 11 is 1.52. The van der Waals surface area contributed by atoms with Crippen molar-refractivity contribution in [3.63, 3.8) is 0 Å². The van der Waals surface area contributed by atoms with E-state index in [1.54, 1.807) is 37.5 Å². The Morgan fingerprint density at radius 1 is 1.28 bits per heavy atom. The van der Waals surface area contributed by atoms with Gasteiger partial charge in [0.05, 0.1) is 17.7 Å². The van der Waals surface area contributed by atoms with E-state index >= 15 is 0 Å². The van der Waals surface area contributed by atoms with Crippen molar-refractivity contribution in [1.29, 1.82) is 5.26 Å². The Morgan fingerprint density at radius 3 is 2.61 bits per heavy atom. The van der Waals surface area contributed by atoms with Gasteiger partial charge < -0.3 is 5.11 Å². The largest absolute Gasteiger partial charge is 0.389 e. The van der Waals surface area contributed by atoms with Gasteiger partial charge in [-0.15, -0.1) is 0 Å². The van der Waals surface area contributed by atoms with Gasteiger partial charge in [0.25, 0.3) is 0 Å². The number of benzene rings is 1. The molecule has 0 amide bonds. The van der Waals surface area contributed by atoms with E-state index in [9.17, 15) is 5.11 Å². The number of rotatable bonds is 3. The van der Waals surface area contributed by atoms with Gasteiger partial charge >= 0.3 is 0 Å². The zero-order valence-electron chi connectivity index (χ0n) is 9.87. The van der Waals surface area contributed by atoms with Gasteiger partial charge in [0.1, 0.15) is 0 Å². The fraction of sp³-hybridized carbons (Fsp3) is 0.143. The van der Waals surface area contributed by atoms with Crippen LogP contribution in [0.15, 0.2) is 52.5 Å². The molecule has 0 aliphatic rings. The molecule has 0 aliphatic carbocycles. The van der Waals surface area contributed by atoms with E-state index in [-0.39, 0.29) is 0 Å². The molecule has 1 unspecified atom stereocenters. The van der Waals surface area contributed by atoms with Crippen LogP contribution < -0.4 is 0 Å². The molecule has 1 atom stereocenters. The summed E-state index contributed by atoms with van der Waals surface area (Å²) in [7, 11) is 0. The van der Waals surface area contributed by atoms with Gasteiger partial charge in [-0.05, 0) is 36.8 Å². The number of nitrogens with zero attached hydrogens (tertiary/aromatic N) is 2. The first kappa shape index (κ1) is 12.6. The summed E-state index contributed by atoms with van der Waals surface area (Å²) in [6.07, 6.45) is 2.89. The Labute approximate surface area is 110 Å².